The van der Waals surface area contributed by atoms with Crippen molar-refractivity contribution in [2.45, 2.75) is 45.7 Å². The van der Waals surface area contributed by atoms with Crippen LogP contribution in [0.3, 0.4) is 0 Å². The Morgan fingerprint density at radius 2 is 2.06 bits per heavy atom. The van der Waals surface area contributed by atoms with Gasteiger partial charge in [0.1, 0.15) is 0 Å². The van der Waals surface area contributed by atoms with E-state index in [4.69, 9.17) is 0 Å². The number of hydrogen-bond donors (Lipinski definition) is 2. The van der Waals surface area contributed by atoms with Gasteiger partial charge in [-0.15, -0.1) is 0 Å². The normalized spacial score (nSPS) is 31.4. The van der Waals surface area contributed by atoms with Gasteiger partial charge in [-0.3, -0.25) is 9.69 Å². The summed E-state index contributed by atoms with van der Waals surface area (Å²) in [7, 11) is 0. The second kappa shape index (κ2) is 4.49. The average molecular weight is 253 g/mol. The summed E-state index contributed by atoms with van der Waals surface area (Å²) in [4.78, 5) is 14.4. The van der Waals surface area contributed by atoms with E-state index in [1.54, 1.807) is 0 Å². The Morgan fingerprint density at radius 3 is 2.61 bits per heavy atom. The molecule has 4 heteroatoms. The van der Waals surface area contributed by atoms with Crippen LogP contribution in [0.25, 0.3) is 0 Å². The van der Waals surface area contributed by atoms with E-state index < -0.39 is 0 Å². The van der Waals surface area contributed by atoms with Crippen molar-refractivity contribution in [3.05, 3.63) is 0 Å². The molecule has 4 nitrogen and oxygen atoms in total. The molecule has 18 heavy (non-hydrogen) atoms. The van der Waals surface area contributed by atoms with Gasteiger partial charge in [-0.2, -0.15) is 0 Å². The first-order chi connectivity index (χ1) is 8.20. The maximum absolute atomic E-state index is 12.1. The van der Waals surface area contributed by atoms with Crippen LogP contribution in [0.5, 0.6) is 0 Å². The third-order valence-corrected chi connectivity index (χ3v) is 4.37. The predicted molar refractivity (Wildman–Crippen MR) is 73.4 cm³/mol. The van der Waals surface area contributed by atoms with Crippen molar-refractivity contribution in [2.75, 3.05) is 26.2 Å². The number of fused-ring (bicyclic) bond motifs is 1. The molecular formula is C14H27N3O. The van der Waals surface area contributed by atoms with Gasteiger partial charge in [0.25, 0.3) is 0 Å². The summed E-state index contributed by atoms with van der Waals surface area (Å²) >= 11 is 0. The maximum Gasteiger partial charge on any atom is 0.234 e. The molecule has 2 saturated heterocycles. The summed E-state index contributed by atoms with van der Waals surface area (Å²) in [5.74, 6) is 1.53. The van der Waals surface area contributed by atoms with E-state index in [1.165, 1.54) is 0 Å². The fraction of sp³-hybridized carbons (Fsp3) is 0.929. The highest BCUT2D eigenvalue weighted by Crippen LogP contribution is 2.40. The highest BCUT2D eigenvalue weighted by Gasteiger charge is 2.49. The third-order valence-electron chi connectivity index (χ3n) is 4.37. The topological polar surface area (TPSA) is 44.4 Å². The fourth-order valence-electron chi connectivity index (χ4n) is 3.40. The van der Waals surface area contributed by atoms with Gasteiger partial charge in [-0.25, -0.2) is 0 Å². The van der Waals surface area contributed by atoms with Crippen LogP contribution in [0.4, 0.5) is 0 Å². The number of likely N-dealkylation sites (tertiary alicyclic amines) is 1. The lowest BCUT2D eigenvalue weighted by atomic mass is 9.85. The first kappa shape index (κ1) is 13.8. The van der Waals surface area contributed by atoms with Gasteiger partial charge in [0.05, 0.1) is 6.54 Å². The second-order valence-electron chi connectivity index (χ2n) is 7.36. The predicted octanol–water partition coefficient (Wildman–Crippen LogP) is 0.831. The number of carbonyl (C=O) groups is 1. The second-order valence-corrected chi connectivity index (χ2v) is 7.36. The summed E-state index contributed by atoms with van der Waals surface area (Å²) in [6.07, 6.45) is 0. The molecule has 2 aliphatic rings. The fourth-order valence-corrected chi connectivity index (χ4v) is 3.40. The lowest BCUT2D eigenvalue weighted by Crippen LogP contribution is -2.51. The quantitative estimate of drug-likeness (QED) is 0.766. The Morgan fingerprint density at radius 1 is 1.39 bits per heavy atom. The van der Waals surface area contributed by atoms with Gasteiger partial charge < -0.3 is 10.6 Å². The minimum absolute atomic E-state index is 0.128. The van der Waals surface area contributed by atoms with E-state index in [9.17, 15) is 4.79 Å². The number of nitrogens with one attached hydrogen (secondary N) is 2. The van der Waals surface area contributed by atoms with E-state index in [0.717, 1.165) is 19.6 Å². The standard InChI is InChI=1S/C14H27N3O/c1-13(2,3)16-12(18)9-17-8-10-6-15-7-11(10)14(17,4)5/h10-11,15H,6-9H2,1-5H3,(H,16,18). The number of nitrogens with zero attached hydrogens (tertiary/aromatic N) is 1. The van der Waals surface area contributed by atoms with Crippen LogP contribution < -0.4 is 10.6 Å². The van der Waals surface area contributed by atoms with Crippen molar-refractivity contribution in [1.29, 1.82) is 0 Å². The van der Waals surface area contributed by atoms with Gasteiger partial charge in [0.2, 0.25) is 5.91 Å². The SMILES string of the molecule is CC(C)(C)NC(=O)CN1CC2CNCC2C1(C)C. The summed E-state index contributed by atoms with van der Waals surface area (Å²) in [6, 6.07) is 0. The third kappa shape index (κ3) is 2.69. The van der Waals surface area contributed by atoms with E-state index in [-0.39, 0.29) is 17.0 Å². The molecule has 0 saturated carbocycles. The monoisotopic (exact) mass is 253 g/mol. The first-order valence-corrected chi connectivity index (χ1v) is 6.97. The zero-order valence-electron chi connectivity index (χ0n) is 12.3. The lowest BCUT2D eigenvalue weighted by molar-refractivity contribution is -0.124. The molecular weight excluding hydrogens is 226 g/mol. The molecule has 0 aromatic rings. The van der Waals surface area contributed by atoms with Crippen molar-refractivity contribution < 1.29 is 4.79 Å². The van der Waals surface area contributed by atoms with Crippen LogP contribution in [0.1, 0.15) is 34.6 Å². The Balaban J connectivity index is 1.96. The van der Waals surface area contributed by atoms with Crippen molar-refractivity contribution in [3.8, 4) is 0 Å². The van der Waals surface area contributed by atoms with Gasteiger partial charge in [0.15, 0.2) is 0 Å². The Kier molecular flexibility index (Phi) is 3.45. The summed E-state index contributed by atoms with van der Waals surface area (Å²) in [6.45, 7) is 14.4. The Bertz CT molecular complexity index is 332. The van der Waals surface area contributed by atoms with Gasteiger partial charge in [0, 0.05) is 24.2 Å². The van der Waals surface area contributed by atoms with E-state index >= 15 is 0 Å². The Hall–Kier alpha value is -0.610. The molecule has 104 valence electrons. The molecule has 0 aromatic heterocycles. The molecule has 0 spiro atoms. The largest absolute Gasteiger partial charge is 0.350 e. The van der Waals surface area contributed by atoms with Crippen LogP contribution in [0, 0.1) is 11.8 Å². The average Bonchev–Trinajstić information content (AvgIpc) is 2.68. The number of carbonyl (C=O) groups excluding carboxylic acids is 1. The van der Waals surface area contributed by atoms with Crippen LogP contribution in [-0.2, 0) is 4.79 Å². The number of hydrogen-bond acceptors (Lipinski definition) is 3. The minimum atomic E-state index is -0.140. The summed E-state index contributed by atoms with van der Waals surface area (Å²) in [5, 5.41) is 6.52. The maximum atomic E-state index is 12.1. The molecule has 0 radical (unpaired) electrons. The molecule has 2 unspecified atom stereocenters. The van der Waals surface area contributed by atoms with Gasteiger partial charge in [-0.1, -0.05) is 0 Å². The summed E-state index contributed by atoms with van der Waals surface area (Å²) < 4.78 is 0. The van der Waals surface area contributed by atoms with Gasteiger partial charge >= 0.3 is 0 Å². The molecule has 1 amide bonds. The molecule has 2 aliphatic heterocycles. The van der Waals surface area contributed by atoms with Crippen molar-refractivity contribution in [3.63, 3.8) is 0 Å². The van der Waals surface area contributed by atoms with Crippen LogP contribution in [-0.4, -0.2) is 48.1 Å². The van der Waals surface area contributed by atoms with Crippen LogP contribution >= 0.6 is 0 Å². The zero-order valence-corrected chi connectivity index (χ0v) is 12.3. The van der Waals surface area contributed by atoms with Crippen molar-refractivity contribution in [1.82, 2.24) is 15.5 Å². The number of rotatable bonds is 2. The number of amides is 1. The molecule has 0 bridgehead atoms. The van der Waals surface area contributed by atoms with Crippen LogP contribution in [0.15, 0.2) is 0 Å². The molecule has 0 aliphatic carbocycles. The van der Waals surface area contributed by atoms with Crippen molar-refractivity contribution in [2.24, 2.45) is 11.8 Å². The highest BCUT2D eigenvalue weighted by molar-refractivity contribution is 5.78. The van der Waals surface area contributed by atoms with Crippen molar-refractivity contribution >= 4 is 5.91 Å². The smallest absolute Gasteiger partial charge is 0.234 e. The molecule has 0 aromatic carbocycles. The molecule has 2 rings (SSSR count). The van der Waals surface area contributed by atoms with E-state index in [2.05, 4.69) is 29.4 Å². The molecule has 2 atom stereocenters. The molecule has 2 N–H and O–H groups in total. The van der Waals surface area contributed by atoms with Gasteiger partial charge in [-0.05, 0) is 53.0 Å². The van der Waals surface area contributed by atoms with Crippen LogP contribution in [0.2, 0.25) is 0 Å². The highest BCUT2D eigenvalue weighted by atomic mass is 16.2. The molecule has 2 fully saturated rings. The summed E-state index contributed by atoms with van der Waals surface area (Å²) in [5.41, 5.74) is -0.0121. The minimum Gasteiger partial charge on any atom is -0.350 e. The van der Waals surface area contributed by atoms with E-state index in [0.29, 0.717) is 18.4 Å². The Labute approximate surface area is 110 Å². The van der Waals surface area contributed by atoms with E-state index in [1.807, 2.05) is 20.8 Å². The first-order valence-electron chi connectivity index (χ1n) is 6.97. The lowest BCUT2D eigenvalue weighted by Gasteiger charge is -2.35. The molecule has 2 heterocycles. The zero-order chi connectivity index (χ0) is 13.6.